The first-order chi connectivity index (χ1) is 7.91. The lowest BCUT2D eigenvalue weighted by atomic mass is 9.94. The Bertz CT molecular complexity index is 256. The molecule has 4 heteroatoms. The van der Waals surface area contributed by atoms with Crippen LogP contribution in [0.4, 0.5) is 0 Å². The van der Waals surface area contributed by atoms with Gasteiger partial charge in [0.1, 0.15) is 0 Å². The highest BCUT2D eigenvalue weighted by Gasteiger charge is 2.27. The molecule has 1 rings (SSSR count). The molecule has 1 N–H and O–H groups in total. The van der Waals surface area contributed by atoms with E-state index in [0.29, 0.717) is 12.6 Å². The van der Waals surface area contributed by atoms with Crippen LogP contribution in [-0.2, 0) is 4.79 Å². The SMILES string of the molecule is CC(C)C(CN(C)C1CCCN(C)C1)C(=O)O. The number of carboxylic acids is 1. The Labute approximate surface area is 105 Å². The van der Waals surface area contributed by atoms with E-state index < -0.39 is 5.97 Å². The van der Waals surface area contributed by atoms with Crippen molar-refractivity contribution in [3.05, 3.63) is 0 Å². The van der Waals surface area contributed by atoms with Crippen molar-refractivity contribution in [2.45, 2.75) is 32.7 Å². The van der Waals surface area contributed by atoms with Crippen LogP contribution in [0, 0.1) is 11.8 Å². The van der Waals surface area contributed by atoms with E-state index in [9.17, 15) is 9.90 Å². The maximum absolute atomic E-state index is 11.2. The van der Waals surface area contributed by atoms with Crippen molar-refractivity contribution in [2.75, 3.05) is 33.7 Å². The maximum Gasteiger partial charge on any atom is 0.308 e. The predicted molar refractivity (Wildman–Crippen MR) is 69.1 cm³/mol. The number of carboxylic acid groups (broad SMARTS) is 1. The summed E-state index contributed by atoms with van der Waals surface area (Å²) in [5.74, 6) is -0.737. The molecule has 2 atom stereocenters. The molecular formula is C13H26N2O2. The van der Waals surface area contributed by atoms with Crippen molar-refractivity contribution in [2.24, 2.45) is 11.8 Å². The van der Waals surface area contributed by atoms with Crippen molar-refractivity contribution in [1.29, 1.82) is 0 Å². The largest absolute Gasteiger partial charge is 0.481 e. The quantitative estimate of drug-likeness (QED) is 0.791. The van der Waals surface area contributed by atoms with E-state index in [2.05, 4.69) is 23.9 Å². The van der Waals surface area contributed by atoms with Gasteiger partial charge in [-0.1, -0.05) is 13.8 Å². The van der Waals surface area contributed by atoms with Gasteiger partial charge in [0.2, 0.25) is 0 Å². The fourth-order valence-corrected chi connectivity index (χ4v) is 2.53. The van der Waals surface area contributed by atoms with Crippen molar-refractivity contribution in [1.82, 2.24) is 9.80 Å². The molecule has 17 heavy (non-hydrogen) atoms. The van der Waals surface area contributed by atoms with E-state index in [4.69, 9.17) is 0 Å². The van der Waals surface area contributed by atoms with Gasteiger partial charge in [0.05, 0.1) is 5.92 Å². The summed E-state index contributed by atoms with van der Waals surface area (Å²) in [5, 5.41) is 9.21. The second-order valence-electron chi connectivity index (χ2n) is 5.69. The third-order valence-corrected chi connectivity index (χ3v) is 3.83. The molecule has 0 spiro atoms. The van der Waals surface area contributed by atoms with Gasteiger partial charge in [-0.15, -0.1) is 0 Å². The molecule has 0 radical (unpaired) electrons. The molecule has 100 valence electrons. The summed E-state index contributed by atoms with van der Waals surface area (Å²) in [6, 6.07) is 0.509. The van der Waals surface area contributed by atoms with Crippen molar-refractivity contribution in [3.8, 4) is 0 Å². The number of likely N-dealkylation sites (tertiary alicyclic amines) is 1. The summed E-state index contributed by atoms with van der Waals surface area (Å²) >= 11 is 0. The number of hydrogen-bond acceptors (Lipinski definition) is 3. The van der Waals surface area contributed by atoms with Gasteiger partial charge in [-0.2, -0.15) is 0 Å². The number of piperidine rings is 1. The zero-order valence-corrected chi connectivity index (χ0v) is 11.5. The minimum absolute atomic E-state index is 0.191. The molecule has 1 saturated heterocycles. The van der Waals surface area contributed by atoms with E-state index >= 15 is 0 Å². The molecule has 0 aromatic heterocycles. The summed E-state index contributed by atoms with van der Waals surface area (Å²) in [6.45, 7) is 6.85. The summed E-state index contributed by atoms with van der Waals surface area (Å²) in [4.78, 5) is 15.7. The fraction of sp³-hybridized carbons (Fsp3) is 0.923. The molecule has 4 nitrogen and oxygen atoms in total. The highest BCUT2D eigenvalue weighted by atomic mass is 16.4. The Morgan fingerprint density at radius 1 is 1.53 bits per heavy atom. The second kappa shape index (κ2) is 6.36. The number of carbonyl (C=O) groups is 1. The molecule has 0 aromatic carbocycles. The van der Waals surface area contributed by atoms with Crippen LogP contribution in [0.3, 0.4) is 0 Å². The molecule has 2 unspecified atom stereocenters. The molecule has 0 saturated carbocycles. The summed E-state index contributed by atoms with van der Waals surface area (Å²) in [5.41, 5.74) is 0. The third kappa shape index (κ3) is 4.28. The van der Waals surface area contributed by atoms with E-state index in [1.54, 1.807) is 0 Å². The number of aliphatic carboxylic acids is 1. The molecule has 1 heterocycles. The van der Waals surface area contributed by atoms with E-state index in [1.807, 2.05) is 13.8 Å². The number of nitrogens with zero attached hydrogens (tertiary/aromatic N) is 2. The van der Waals surface area contributed by atoms with Gasteiger partial charge in [-0.05, 0) is 39.4 Å². The highest BCUT2D eigenvalue weighted by molar-refractivity contribution is 5.70. The Kier molecular flexibility index (Phi) is 5.40. The molecule has 1 aliphatic heterocycles. The van der Waals surface area contributed by atoms with Crippen molar-refractivity contribution < 1.29 is 9.90 Å². The van der Waals surface area contributed by atoms with Crippen molar-refractivity contribution in [3.63, 3.8) is 0 Å². The van der Waals surface area contributed by atoms with Gasteiger partial charge >= 0.3 is 5.97 Å². The zero-order valence-electron chi connectivity index (χ0n) is 11.5. The lowest BCUT2D eigenvalue weighted by molar-refractivity contribution is -0.144. The maximum atomic E-state index is 11.2. The molecule has 0 bridgehead atoms. The summed E-state index contributed by atoms with van der Waals surface area (Å²) < 4.78 is 0. The minimum atomic E-state index is -0.670. The second-order valence-corrected chi connectivity index (χ2v) is 5.69. The molecule has 0 aromatic rings. The summed E-state index contributed by atoms with van der Waals surface area (Å²) in [7, 11) is 4.19. The highest BCUT2D eigenvalue weighted by Crippen LogP contribution is 2.18. The predicted octanol–water partition coefficient (Wildman–Crippen LogP) is 1.37. The first kappa shape index (κ1) is 14.5. The lowest BCUT2D eigenvalue weighted by Crippen LogP contribution is -2.47. The smallest absolute Gasteiger partial charge is 0.308 e. The van der Waals surface area contributed by atoms with Crippen molar-refractivity contribution >= 4 is 5.97 Å². The van der Waals surface area contributed by atoms with E-state index in [1.165, 1.54) is 12.8 Å². The Hall–Kier alpha value is -0.610. The van der Waals surface area contributed by atoms with Crippen LogP contribution < -0.4 is 0 Å². The normalized spacial score (nSPS) is 24.2. The van der Waals surface area contributed by atoms with Crippen LogP contribution in [-0.4, -0.2) is 60.6 Å². The minimum Gasteiger partial charge on any atom is -0.481 e. The van der Waals surface area contributed by atoms with Gasteiger partial charge in [-0.3, -0.25) is 4.79 Å². The first-order valence-electron chi connectivity index (χ1n) is 6.53. The van der Waals surface area contributed by atoms with Crippen LogP contribution in [0.25, 0.3) is 0 Å². The summed E-state index contributed by atoms with van der Waals surface area (Å²) in [6.07, 6.45) is 2.40. The van der Waals surface area contributed by atoms with Crippen LogP contribution in [0.5, 0.6) is 0 Å². The number of likely N-dealkylation sites (N-methyl/N-ethyl adjacent to an activating group) is 2. The zero-order chi connectivity index (χ0) is 13.0. The third-order valence-electron chi connectivity index (χ3n) is 3.83. The van der Waals surface area contributed by atoms with Crippen LogP contribution in [0.15, 0.2) is 0 Å². The molecule has 0 aliphatic carbocycles. The monoisotopic (exact) mass is 242 g/mol. The van der Waals surface area contributed by atoms with E-state index in [-0.39, 0.29) is 11.8 Å². The Morgan fingerprint density at radius 2 is 2.18 bits per heavy atom. The van der Waals surface area contributed by atoms with Crippen LogP contribution >= 0.6 is 0 Å². The molecule has 1 aliphatic rings. The number of rotatable bonds is 5. The van der Waals surface area contributed by atoms with Gasteiger partial charge in [0.25, 0.3) is 0 Å². The lowest BCUT2D eigenvalue weighted by Gasteiger charge is -2.37. The molecular weight excluding hydrogens is 216 g/mol. The standard InChI is InChI=1S/C13H26N2O2/c1-10(2)12(13(16)17)9-15(4)11-6-5-7-14(3)8-11/h10-12H,5-9H2,1-4H3,(H,16,17). The fourth-order valence-electron chi connectivity index (χ4n) is 2.53. The average Bonchev–Trinajstić information content (AvgIpc) is 2.24. The van der Waals surface area contributed by atoms with E-state index in [0.717, 1.165) is 13.1 Å². The van der Waals surface area contributed by atoms with Crippen LogP contribution in [0.2, 0.25) is 0 Å². The van der Waals surface area contributed by atoms with Crippen LogP contribution in [0.1, 0.15) is 26.7 Å². The van der Waals surface area contributed by atoms with Gasteiger partial charge in [0, 0.05) is 19.1 Å². The first-order valence-corrected chi connectivity index (χ1v) is 6.53. The average molecular weight is 242 g/mol. The molecule has 1 fully saturated rings. The van der Waals surface area contributed by atoms with Gasteiger partial charge < -0.3 is 14.9 Å². The molecule has 0 amide bonds. The Morgan fingerprint density at radius 3 is 2.65 bits per heavy atom. The Balaban J connectivity index is 2.51. The van der Waals surface area contributed by atoms with Gasteiger partial charge in [0.15, 0.2) is 0 Å². The topological polar surface area (TPSA) is 43.8 Å². The van der Waals surface area contributed by atoms with Gasteiger partial charge in [-0.25, -0.2) is 0 Å². The number of hydrogen-bond donors (Lipinski definition) is 1.